The van der Waals surface area contributed by atoms with Crippen molar-refractivity contribution >= 4 is 38.6 Å². The molecular formula is C27H30N4O7S. The van der Waals surface area contributed by atoms with Crippen molar-refractivity contribution in [3.8, 4) is 5.75 Å². The summed E-state index contributed by atoms with van der Waals surface area (Å²) in [6.07, 6.45) is 4.02. The maximum Gasteiger partial charge on any atom is 0.290 e. The number of amides is 2. The summed E-state index contributed by atoms with van der Waals surface area (Å²) >= 11 is 0. The number of rotatable bonds is 6. The number of hydrogen-bond acceptors (Lipinski definition) is 8. The maximum atomic E-state index is 13.4. The Labute approximate surface area is 226 Å². The van der Waals surface area contributed by atoms with Gasteiger partial charge in [-0.25, -0.2) is 13.4 Å². The van der Waals surface area contributed by atoms with Gasteiger partial charge < -0.3 is 19.4 Å². The van der Waals surface area contributed by atoms with Gasteiger partial charge in [0.1, 0.15) is 17.4 Å². The number of ketones is 1. The number of Topliss-reactive ketones (excluding diaryl/α,β-unsaturated/α-hetero) is 1. The third-order valence-corrected chi connectivity index (χ3v) is 8.94. The van der Waals surface area contributed by atoms with E-state index in [1.165, 1.54) is 17.2 Å². The maximum absolute atomic E-state index is 13.4. The molecule has 4 heterocycles. The first-order chi connectivity index (χ1) is 18.8. The van der Waals surface area contributed by atoms with Gasteiger partial charge in [0.15, 0.2) is 16.6 Å². The predicted octanol–water partition coefficient (Wildman–Crippen LogP) is 2.37. The monoisotopic (exact) mass is 554 g/mol. The number of benzene rings is 1. The predicted molar refractivity (Wildman–Crippen MR) is 141 cm³/mol. The molecule has 2 amide bonds. The number of nitrogens with zero attached hydrogens (tertiary/aromatic N) is 3. The molecule has 12 heteroatoms. The van der Waals surface area contributed by atoms with Gasteiger partial charge in [0.2, 0.25) is 5.91 Å². The van der Waals surface area contributed by atoms with E-state index in [1.807, 2.05) is 0 Å². The summed E-state index contributed by atoms with van der Waals surface area (Å²) in [6.45, 7) is 0.160. The molecule has 1 N–H and O–H groups in total. The molecule has 39 heavy (non-hydrogen) atoms. The highest BCUT2D eigenvalue weighted by Crippen LogP contribution is 2.27. The fourth-order valence-corrected chi connectivity index (χ4v) is 6.47. The van der Waals surface area contributed by atoms with Crippen LogP contribution in [0.15, 0.2) is 58.1 Å². The topological polar surface area (TPSA) is 139 Å². The number of fused-ring (bicyclic) bond motifs is 1. The first-order valence-corrected chi connectivity index (χ1v) is 14.3. The summed E-state index contributed by atoms with van der Waals surface area (Å²) in [5.74, 6) is -0.471. The number of nitrogens with one attached hydrogen (secondary N) is 1. The second-order valence-electron chi connectivity index (χ2n) is 9.70. The Morgan fingerprint density at radius 2 is 1.92 bits per heavy atom. The third kappa shape index (κ3) is 5.52. The average Bonchev–Trinajstić information content (AvgIpc) is 3.30. The number of methoxy groups -OCH3 is 1. The lowest BCUT2D eigenvalue weighted by atomic mass is 9.99. The number of ether oxygens (including phenoxy) is 1. The number of piperidine rings is 1. The highest BCUT2D eigenvalue weighted by atomic mass is 32.2. The fraction of sp³-hybridized carbons (Fsp3) is 0.407. The lowest BCUT2D eigenvalue weighted by molar-refractivity contribution is -0.131. The molecular weight excluding hydrogens is 524 g/mol. The number of sulfonamides is 1. The number of furan rings is 1. The van der Waals surface area contributed by atoms with E-state index in [0.717, 1.165) is 17.1 Å². The van der Waals surface area contributed by atoms with Crippen LogP contribution in [0.2, 0.25) is 0 Å². The molecule has 11 nitrogen and oxygen atoms in total. The number of carbonyl (C=O) groups is 3. The minimum atomic E-state index is -3.94. The van der Waals surface area contributed by atoms with Gasteiger partial charge in [-0.15, -0.1) is 0 Å². The van der Waals surface area contributed by atoms with Gasteiger partial charge in [0, 0.05) is 24.7 Å². The molecule has 2 saturated heterocycles. The number of pyridine rings is 1. The van der Waals surface area contributed by atoms with Crippen molar-refractivity contribution in [2.45, 2.75) is 49.2 Å². The number of aromatic nitrogens is 1. The van der Waals surface area contributed by atoms with E-state index in [2.05, 4.69) is 10.3 Å². The largest absolute Gasteiger partial charge is 0.497 e. The van der Waals surface area contributed by atoms with Gasteiger partial charge in [-0.3, -0.25) is 14.4 Å². The van der Waals surface area contributed by atoms with Crippen LogP contribution in [0.25, 0.3) is 11.0 Å². The van der Waals surface area contributed by atoms with Crippen molar-refractivity contribution in [3.05, 3.63) is 54.4 Å². The Morgan fingerprint density at radius 1 is 1.08 bits per heavy atom. The second kappa shape index (κ2) is 11.1. The lowest BCUT2D eigenvalue weighted by Crippen LogP contribution is -2.55. The van der Waals surface area contributed by atoms with Crippen molar-refractivity contribution in [2.24, 2.45) is 0 Å². The summed E-state index contributed by atoms with van der Waals surface area (Å²) in [4.78, 5) is 45.3. The van der Waals surface area contributed by atoms with Gasteiger partial charge in [-0.05, 0) is 68.5 Å². The molecule has 0 spiro atoms. The van der Waals surface area contributed by atoms with Gasteiger partial charge in [0.05, 0.1) is 19.7 Å². The highest BCUT2D eigenvalue weighted by Gasteiger charge is 2.38. The van der Waals surface area contributed by atoms with Crippen LogP contribution in [-0.2, 0) is 19.6 Å². The Kier molecular flexibility index (Phi) is 7.67. The molecule has 0 bridgehead atoms. The van der Waals surface area contributed by atoms with E-state index >= 15 is 0 Å². The van der Waals surface area contributed by atoms with Gasteiger partial charge >= 0.3 is 0 Å². The molecule has 0 aliphatic carbocycles. The Morgan fingerprint density at radius 3 is 2.69 bits per heavy atom. The van der Waals surface area contributed by atoms with Crippen LogP contribution in [0.1, 0.15) is 42.7 Å². The zero-order valence-corrected chi connectivity index (χ0v) is 22.4. The average molecular weight is 555 g/mol. The smallest absolute Gasteiger partial charge is 0.290 e. The van der Waals surface area contributed by atoms with Crippen LogP contribution >= 0.6 is 0 Å². The lowest BCUT2D eigenvalue weighted by Gasteiger charge is -2.34. The van der Waals surface area contributed by atoms with Gasteiger partial charge in [-0.2, -0.15) is 4.31 Å². The molecule has 2 aliphatic heterocycles. The third-order valence-electron chi connectivity index (χ3n) is 7.18. The molecule has 5 rings (SSSR count). The van der Waals surface area contributed by atoms with E-state index in [4.69, 9.17) is 9.15 Å². The zero-order chi connectivity index (χ0) is 27.6. The fourth-order valence-electron chi connectivity index (χ4n) is 5.10. The van der Waals surface area contributed by atoms with Crippen molar-refractivity contribution in [2.75, 3.05) is 26.7 Å². The second-order valence-corrected chi connectivity index (χ2v) is 11.6. The van der Waals surface area contributed by atoms with Crippen molar-refractivity contribution in [1.29, 1.82) is 0 Å². The number of hydrogen-bond donors (Lipinski definition) is 1. The summed E-state index contributed by atoms with van der Waals surface area (Å²) in [7, 11) is -2.38. The molecule has 2 aromatic heterocycles. The van der Waals surface area contributed by atoms with E-state index in [-0.39, 0.29) is 23.9 Å². The van der Waals surface area contributed by atoms with Crippen molar-refractivity contribution in [1.82, 2.24) is 19.5 Å². The van der Waals surface area contributed by atoms with E-state index < -0.39 is 39.7 Å². The van der Waals surface area contributed by atoms with Crippen LogP contribution in [0.5, 0.6) is 5.75 Å². The van der Waals surface area contributed by atoms with Crippen LogP contribution in [0, 0.1) is 0 Å². The van der Waals surface area contributed by atoms with Gasteiger partial charge in [-0.1, -0.05) is 6.07 Å². The molecule has 2 fully saturated rings. The number of likely N-dealkylation sites (tertiary alicyclic amines) is 1. The Bertz CT molecular complexity index is 1490. The molecule has 0 radical (unpaired) electrons. The minimum Gasteiger partial charge on any atom is -0.497 e. The van der Waals surface area contributed by atoms with Crippen LogP contribution in [0.4, 0.5) is 0 Å². The van der Waals surface area contributed by atoms with Crippen molar-refractivity contribution < 1.29 is 32.0 Å². The van der Waals surface area contributed by atoms with E-state index in [1.54, 1.807) is 43.5 Å². The van der Waals surface area contributed by atoms with Gasteiger partial charge in [0.25, 0.3) is 15.9 Å². The normalized spacial score (nSPS) is 20.9. The first kappa shape index (κ1) is 26.8. The Hall–Kier alpha value is -3.77. The summed E-state index contributed by atoms with van der Waals surface area (Å²) in [6, 6.07) is 9.82. The molecule has 0 saturated carbocycles. The summed E-state index contributed by atoms with van der Waals surface area (Å²) in [5.41, 5.74) is 0.534. The zero-order valence-electron chi connectivity index (χ0n) is 21.5. The standard InChI is InChI=1S/C27H30N4O7S/c1-37-19-10-11-23-18(15-19)16-24(38-23)27(34)31-14-5-3-8-21(31)26(33)29-20-7-6-13-30(17-22(20)32)39(35,36)25-9-2-4-12-28-25/h2,4,9-12,15-16,20-21H,3,5-8,13-14,17H2,1H3,(H,29,33)/t20?,21-/m0/s1. The minimum absolute atomic E-state index is 0.124. The molecule has 1 unspecified atom stereocenters. The van der Waals surface area contributed by atoms with Crippen LogP contribution < -0.4 is 10.1 Å². The molecule has 2 aliphatic rings. The molecule has 2 atom stereocenters. The highest BCUT2D eigenvalue weighted by molar-refractivity contribution is 7.89. The van der Waals surface area contributed by atoms with Crippen LogP contribution in [-0.4, -0.2) is 79.0 Å². The van der Waals surface area contributed by atoms with E-state index in [9.17, 15) is 22.8 Å². The van der Waals surface area contributed by atoms with Crippen molar-refractivity contribution in [3.63, 3.8) is 0 Å². The Balaban J connectivity index is 1.28. The quantitative estimate of drug-likeness (QED) is 0.490. The summed E-state index contributed by atoms with van der Waals surface area (Å²) in [5, 5.41) is 3.39. The SMILES string of the molecule is COc1ccc2oc(C(=O)N3CCCC[C@H]3C(=O)NC3CCCN(S(=O)(=O)c4ccccn4)CC3=O)cc2c1. The molecule has 1 aromatic carbocycles. The van der Waals surface area contributed by atoms with Crippen LogP contribution in [0.3, 0.4) is 0 Å². The molecule has 206 valence electrons. The summed E-state index contributed by atoms with van der Waals surface area (Å²) < 4.78 is 38.1. The van der Waals surface area contributed by atoms with E-state index in [0.29, 0.717) is 42.5 Å². The number of carbonyl (C=O) groups excluding carboxylic acids is 3. The molecule has 3 aromatic rings. The first-order valence-electron chi connectivity index (χ1n) is 12.9.